The number of hydrogen-bond acceptors (Lipinski definition) is 3. The molecule has 1 aromatic carbocycles. The van der Waals surface area contributed by atoms with Crippen LogP contribution in [-0.4, -0.2) is 37.3 Å². The van der Waals surface area contributed by atoms with Gasteiger partial charge in [-0.2, -0.15) is 0 Å². The fourth-order valence-corrected chi connectivity index (χ4v) is 3.23. The Balaban J connectivity index is 1.87. The second kappa shape index (κ2) is 7.76. The van der Waals surface area contributed by atoms with Gasteiger partial charge in [0.1, 0.15) is 11.6 Å². The Morgan fingerprint density at radius 2 is 2.10 bits per heavy atom. The van der Waals surface area contributed by atoms with E-state index < -0.39 is 11.9 Å². The van der Waals surface area contributed by atoms with Gasteiger partial charge in [0.05, 0.1) is 18.8 Å². The molecule has 0 bridgehead atoms. The Hall–Kier alpha value is -1.13. The number of nitrogens with zero attached hydrogens (tertiary/aromatic N) is 1. The first-order chi connectivity index (χ1) is 10.1. The maximum Gasteiger partial charge on any atom is 0.132 e. The fraction of sp³-hybridized carbons (Fsp3) is 0.647. The highest BCUT2D eigenvalue weighted by molar-refractivity contribution is 5.36. The summed E-state index contributed by atoms with van der Waals surface area (Å²) in [6.45, 7) is 1.83. The molecular formula is C17H26FNO2. The van der Waals surface area contributed by atoms with Gasteiger partial charge in [0.2, 0.25) is 0 Å². The molecule has 4 heteroatoms. The van der Waals surface area contributed by atoms with Crippen molar-refractivity contribution in [1.82, 2.24) is 4.90 Å². The molecule has 0 saturated heterocycles. The highest BCUT2D eigenvalue weighted by Crippen LogP contribution is 2.30. The SMILES string of the molecule is COc1cccc(F)c1C(O)CCN(C)CC1CCCC1. The maximum absolute atomic E-state index is 13.9. The van der Waals surface area contributed by atoms with Gasteiger partial charge in [-0.25, -0.2) is 4.39 Å². The van der Waals surface area contributed by atoms with Crippen LogP contribution < -0.4 is 4.74 Å². The number of methoxy groups -OCH3 is 1. The zero-order valence-electron chi connectivity index (χ0n) is 13.0. The molecule has 118 valence electrons. The minimum absolute atomic E-state index is 0.272. The minimum atomic E-state index is -0.827. The van der Waals surface area contributed by atoms with Crippen LogP contribution in [-0.2, 0) is 0 Å². The summed E-state index contributed by atoms with van der Waals surface area (Å²) in [7, 11) is 3.57. The van der Waals surface area contributed by atoms with E-state index in [1.807, 2.05) is 0 Å². The van der Waals surface area contributed by atoms with E-state index in [1.54, 1.807) is 12.1 Å². The second-order valence-electron chi connectivity index (χ2n) is 6.07. The molecule has 1 atom stereocenters. The minimum Gasteiger partial charge on any atom is -0.496 e. The fourth-order valence-electron chi connectivity index (χ4n) is 3.23. The van der Waals surface area contributed by atoms with Crippen molar-refractivity contribution in [2.45, 2.75) is 38.2 Å². The smallest absolute Gasteiger partial charge is 0.132 e. The molecule has 1 aromatic rings. The van der Waals surface area contributed by atoms with Crippen LogP contribution in [0.1, 0.15) is 43.8 Å². The summed E-state index contributed by atoms with van der Waals surface area (Å²) in [5.74, 6) is 0.802. The average molecular weight is 295 g/mol. The van der Waals surface area contributed by atoms with Gasteiger partial charge < -0.3 is 14.7 Å². The van der Waals surface area contributed by atoms with Crippen LogP contribution in [0.15, 0.2) is 18.2 Å². The first-order valence-corrected chi connectivity index (χ1v) is 7.80. The molecule has 1 saturated carbocycles. The van der Waals surface area contributed by atoms with Crippen molar-refractivity contribution < 1.29 is 14.2 Å². The van der Waals surface area contributed by atoms with E-state index in [1.165, 1.54) is 38.9 Å². The highest BCUT2D eigenvalue weighted by Gasteiger charge is 2.20. The first kappa shape index (κ1) is 16.2. The zero-order valence-corrected chi connectivity index (χ0v) is 13.0. The molecule has 0 aromatic heterocycles. The van der Waals surface area contributed by atoms with Gasteiger partial charge in [-0.1, -0.05) is 18.9 Å². The Morgan fingerprint density at radius 1 is 1.38 bits per heavy atom. The maximum atomic E-state index is 13.9. The van der Waals surface area contributed by atoms with E-state index in [-0.39, 0.29) is 5.56 Å². The second-order valence-corrected chi connectivity index (χ2v) is 6.07. The topological polar surface area (TPSA) is 32.7 Å². The molecule has 1 N–H and O–H groups in total. The lowest BCUT2D eigenvalue weighted by molar-refractivity contribution is 0.137. The molecule has 0 spiro atoms. The van der Waals surface area contributed by atoms with Crippen molar-refractivity contribution in [2.75, 3.05) is 27.2 Å². The van der Waals surface area contributed by atoms with Crippen molar-refractivity contribution in [3.05, 3.63) is 29.6 Å². The summed E-state index contributed by atoms with van der Waals surface area (Å²) in [4.78, 5) is 2.24. The number of aliphatic hydroxyl groups is 1. The van der Waals surface area contributed by atoms with E-state index in [0.717, 1.165) is 19.0 Å². The molecule has 21 heavy (non-hydrogen) atoms. The molecule has 1 unspecified atom stereocenters. The molecule has 2 rings (SSSR count). The van der Waals surface area contributed by atoms with Crippen LogP contribution in [0.2, 0.25) is 0 Å². The molecule has 0 heterocycles. The van der Waals surface area contributed by atoms with Crippen LogP contribution >= 0.6 is 0 Å². The number of ether oxygens (including phenoxy) is 1. The van der Waals surface area contributed by atoms with Gasteiger partial charge in [0.15, 0.2) is 0 Å². The lowest BCUT2D eigenvalue weighted by atomic mass is 10.0. The van der Waals surface area contributed by atoms with Crippen molar-refractivity contribution in [1.29, 1.82) is 0 Å². The van der Waals surface area contributed by atoms with Crippen molar-refractivity contribution in [3.8, 4) is 5.75 Å². The third-order valence-corrected chi connectivity index (χ3v) is 4.39. The molecule has 0 aliphatic heterocycles. The summed E-state index contributed by atoms with van der Waals surface area (Å²) in [6.07, 6.45) is 5.00. The molecule has 3 nitrogen and oxygen atoms in total. The van der Waals surface area contributed by atoms with Gasteiger partial charge >= 0.3 is 0 Å². The third kappa shape index (κ3) is 4.42. The number of aliphatic hydroxyl groups excluding tert-OH is 1. The highest BCUT2D eigenvalue weighted by atomic mass is 19.1. The molecule has 1 fully saturated rings. The number of hydrogen-bond donors (Lipinski definition) is 1. The van der Waals surface area contributed by atoms with Crippen molar-refractivity contribution in [3.63, 3.8) is 0 Å². The lowest BCUT2D eigenvalue weighted by Gasteiger charge is -2.23. The van der Waals surface area contributed by atoms with Crippen LogP contribution in [0.3, 0.4) is 0 Å². The quantitative estimate of drug-likeness (QED) is 0.837. The zero-order chi connectivity index (χ0) is 15.2. The Morgan fingerprint density at radius 3 is 2.76 bits per heavy atom. The third-order valence-electron chi connectivity index (χ3n) is 4.39. The molecule has 0 amide bonds. The average Bonchev–Trinajstić information content (AvgIpc) is 2.97. The summed E-state index contributed by atoms with van der Waals surface area (Å²) >= 11 is 0. The Labute approximate surface area is 126 Å². The normalized spacial score (nSPS) is 17.4. The van der Waals surface area contributed by atoms with Crippen molar-refractivity contribution >= 4 is 0 Å². The number of rotatable bonds is 7. The van der Waals surface area contributed by atoms with E-state index in [2.05, 4.69) is 11.9 Å². The summed E-state index contributed by atoms with van der Waals surface area (Å²) < 4.78 is 19.0. The molecule has 1 aliphatic rings. The van der Waals surface area contributed by atoms with Gasteiger partial charge in [0.25, 0.3) is 0 Å². The summed E-state index contributed by atoms with van der Waals surface area (Å²) in [5.41, 5.74) is 0.272. The summed E-state index contributed by atoms with van der Waals surface area (Å²) in [5, 5.41) is 10.3. The van der Waals surface area contributed by atoms with Crippen LogP contribution in [0.5, 0.6) is 5.75 Å². The summed E-state index contributed by atoms with van der Waals surface area (Å²) in [6, 6.07) is 4.64. The van der Waals surface area contributed by atoms with Gasteiger partial charge in [-0.05, 0) is 44.4 Å². The standard InChI is InChI=1S/C17H26FNO2/c1-19(12-13-6-3-4-7-13)11-10-15(20)17-14(18)8-5-9-16(17)21-2/h5,8-9,13,15,20H,3-4,6-7,10-12H2,1-2H3. The molecular weight excluding hydrogens is 269 g/mol. The van der Waals surface area contributed by atoms with Gasteiger partial charge in [-0.3, -0.25) is 0 Å². The van der Waals surface area contributed by atoms with Gasteiger partial charge in [-0.15, -0.1) is 0 Å². The van der Waals surface area contributed by atoms with E-state index in [0.29, 0.717) is 12.2 Å². The number of halogens is 1. The van der Waals surface area contributed by atoms with Gasteiger partial charge in [0, 0.05) is 13.1 Å². The molecule has 1 aliphatic carbocycles. The number of benzene rings is 1. The first-order valence-electron chi connectivity index (χ1n) is 7.80. The van der Waals surface area contributed by atoms with E-state index >= 15 is 0 Å². The lowest BCUT2D eigenvalue weighted by Crippen LogP contribution is -2.26. The van der Waals surface area contributed by atoms with Crippen LogP contribution in [0, 0.1) is 11.7 Å². The van der Waals surface area contributed by atoms with E-state index in [9.17, 15) is 9.50 Å². The Kier molecular flexibility index (Phi) is 6.00. The predicted molar refractivity (Wildman–Crippen MR) is 82.0 cm³/mol. The largest absolute Gasteiger partial charge is 0.496 e. The van der Waals surface area contributed by atoms with Crippen molar-refractivity contribution in [2.24, 2.45) is 5.92 Å². The monoisotopic (exact) mass is 295 g/mol. The predicted octanol–water partition coefficient (Wildman–Crippen LogP) is 3.38. The Bertz CT molecular complexity index is 446. The van der Waals surface area contributed by atoms with Crippen LogP contribution in [0.4, 0.5) is 4.39 Å². The van der Waals surface area contributed by atoms with E-state index in [4.69, 9.17) is 4.74 Å². The molecule has 0 radical (unpaired) electrons. The van der Waals surface area contributed by atoms with Crippen LogP contribution in [0.25, 0.3) is 0 Å².